The van der Waals surface area contributed by atoms with Crippen molar-refractivity contribution in [2.24, 2.45) is 5.92 Å². The molecule has 0 aliphatic heterocycles. The van der Waals surface area contributed by atoms with Gasteiger partial charge in [-0.2, -0.15) is 0 Å². The molecule has 0 aliphatic carbocycles. The molecule has 88 valence electrons. The van der Waals surface area contributed by atoms with Gasteiger partial charge in [-0.05, 0) is 26.4 Å². The molecule has 0 rings (SSSR count). The van der Waals surface area contributed by atoms with E-state index in [2.05, 4.69) is 10.6 Å². The molecule has 0 bridgehead atoms. The third-order valence-electron chi connectivity index (χ3n) is 2.22. The number of rotatable bonds is 8. The first kappa shape index (κ1) is 13.9. The zero-order valence-corrected chi connectivity index (χ0v) is 9.38. The predicted octanol–water partition coefficient (Wildman–Crippen LogP) is 0.213. The van der Waals surface area contributed by atoms with Crippen LogP contribution >= 0.6 is 0 Å². The lowest BCUT2D eigenvalue weighted by molar-refractivity contribution is -0.141. The number of carbonyl (C=O) groups is 2. The van der Waals surface area contributed by atoms with Crippen LogP contribution in [-0.4, -0.2) is 37.1 Å². The minimum atomic E-state index is -0.854. The minimum absolute atomic E-state index is 0.0787. The van der Waals surface area contributed by atoms with Crippen molar-refractivity contribution >= 4 is 11.9 Å². The average molecular weight is 216 g/mol. The maximum atomic E-state index is 11.2. The van der Waals surface area contributed by atoms with Gasteiger partial charge in [-0.3, -0.25) is 9.59 Å². The highest BCUT2D eigenvalue weighted by Gasteiger charge is 2.15. The number of aliphatic carboxylic acids is 1. The van der Waals surface area contributed by atoms with Crippen molar-refractivity contribution in [1.29, 1.82) is 0 Å². The van der Waals surface area contributed by atoms with Gasteiger partial charge < -0.3 is 15.7 Å². The third kappa shape index (κ3) is 6.90. The molecule has 3 N–H and O–H groups in total. The largest absolute Gasteiger partial charge is 0.481 e. The summed E-state index contributed by atoms with van der Waals surface area (Å²) in [5.41, 5.74) is 0. The Morgan fingerprint density at radius 2 is 2.07 bits per heavy atom. The molecule has 1 amide bonds. The van der Waals surface area contributed by atoms with Crippen LogP contribution < -0.4 is 10.6 Å². The zero-order valence-electron chi connectivity index (χ0n) is 9.38. The van der Waals surface area contributed by atoms with Crippen LogP contribution in [0.3, 0.4) is 0 Å². The van der Waals surface area contributed by atoms with Crippen LogP contribution in [0.1, 0.15) is 26.2 Å². The maximum Gasteiger partial charge on any atom is 0.308 e. The summed E-state index contributed by atoms with van der Waals surface area (Å²) >= 11 is 0. The Bertz CT molecular complexity index is 207. The van der Waals surface area contributed by atoms with Gasteiger partial charge in [-0.15, -0.1) is 0 Å². The fraction of sp³-hybridized carbons (Fsp3) is 0.800. The number of carboxylic acid groups (broad SMARTS) is 1. The Kier molecular flexibility index (Phi) is 7.62. The van der Waals surface area contributed by atoms with Gasteiger partial charge in [-0.1, -0.05) is 6.92 Å². The molecule has 0 saturated heterocycles. The Morgan fingerprint density at radius 3 is 2.53 bits per heavy atom. The lowest BCUT2D eigenvalue weighted by Crippen LogP contribution is -2.32. The molecule has 0 aromatic heterocycles. The van der Waals surface area contributed by atoms with Crippen LogP contribution in [0.2, 0.25) is 0 Å². The fourth-order valence-electron chi connectivity index (χ4n) is 1.16. The summed E-state index contributed by atoms with van der Waals surface area (Å²) < 4.78 is 0. The lowest BCUT2D eigenvalue weighted by Gasteiger charge is -2.10. The molecule has 0 aromatic carbocycles. The van der Waals surface area contributed by atoms with Crippen LogP contribution in [-0.2, 0) is 9.59 Å². The van der Waals surface area contributed by atoms with Crippen molar-refractivity contribution in [3.05, 3.63) is 0 Å². The first-order chi connectivity index (χ1) is 7.11. The predicted molar refractivity (Wildman–Crippen MR) is 57.6 cm³/mol. The molecule has 0 heterocycles. The second kappa shape index (κ2) is 8.23. The number of hydrogen-bond acceptors (Lipinski definition) is 3. The number of carbonyl (C=O) groups excluding carboxylic acids is 1. The first-order valence-corrected chi connectivity index (χ1v) is 5.25. The summed E-state index contributed by atoms with van der Waals surface area (Å²) in [5, 5.41) is 14.3. The molecule has 0 radical (unpaired) electrons. The van der Waals surface area contributed by atoms with Crippen molar-refractivity contribution in [2.45, 2.75) is 26.2 Å². The molecule has 1 atom stereocenters. The number of carboxylic acids is 1. The standard InChI is InChI=1S/C10H20N2O3/c1-3-8(10(14)15)7-12-9(13)5-4-6-11-2/h8,11H,3-7H2,1-2H3,(H,12,13)(H,14,15). The van der Waals surface area contributed by atoms with E-state index < -0.39 is 11.9 Å². The van der Waals surface area contributed by atoms with E-state index in [1.165, 1.54) is 0 Å². The molecule has 0 aliphatic rings. The molecule has 0 aromatic rings. The molecular formula is C10H20N2O3. The normalized spacial score (nSPS) is 12.1. The Morgan fingerprint density at radius 1 is 1.40 bits per heavy atom. The highest BCUT2D eigenvalue weighted by molar-refractivity contribution is 5.77. The van der Waals surface area contributed by atoms with Crippen LogP contribution in [0, 0.1) is 5.92 Å². The van der Waals surface area contributed by atoms with Gasteiger partial charge in [0.1, 0.15) is 0 Å². The second-order valence-electron chi connectivity index (χ2n) is 3.45. The Hall–Kier alpha value is -1.10. The van der Waals surface area contributed by atoms with Crippen LogP contribution in [0.15, 0.2) is 0 Å². The van der Waals surface area contributed by atoms with Gasteiger partial charge >= 0.3 is 5.97 Å². The molecule has 0 saturated carbocycles. The monoisotopic (exact) mass is 216 g/mol. The highest BCUT2D eigenvalue weighted by Crippen LogP contribution is 2.00. The lowest BCUT2D eigenvalue weighted by atomic mass is 10.1. The van der Waals surface area contributed by atoms with Crippen LogP contribution in [0.25, 0.3) is 0 Å². The third-order valence-corrected chi connectivity index (χ3v) is 2.22. The van der Waals surface area contributed by atoms with E-state index in [9.17, 15) is 9.59 Å². The summed E-state index contributed by atoms with van der Waals surface area (Å²) in [7, 11) is 1.83. The summed E-state index contributed by atoms with van der Waals surface area (Å²) in [6.07, 6.45) is 1.75. The topological polar surface area (TPSA) is 78.4 Å². The molecule has 5 heteroatoms. The van der Waals surface area contributed by atoms with Gasteiger partial charge in [0.05, 0.1) is 5.92 Å². The molecule has 0 spiro atoms. The number of amides is 1. The average Bonchev–Trinajstić information content (AvgIpc) is 2.18. The SMILES string of the molecule is CCC(CNC(=O)CCCNC)C(=O)O. The maximum absolute atomic E-state index is 11.2. The van der Waals surface area contributed by atoms with Crippen molar-refractivity contribution in [3.63, 3.8) is 0 Å². The van der Waals surface area contributed by atoms with Crippen LogP contribution in [0.4, 0.5) is 0 Å². The van der Waals surface area contributed by atoms with E-state index in [0.717, 1.165) is 13.0 Å². The summed E-state index contributed by atoms with van der Waals surface area (Å²) in [6.45, 7) is 2.82. The molecule has 1 unspecified atom stereocenters. The van der Waals surface area contributed by atoms with E-state index in [0.29, 0.717) is 12.8 Å². The van der Waals surface area contributed by atoms with Crippen LogP contribution in [0.5, 0.6) is 0 Å². The van der Waals surface area contributed by atoms with Crippen molar-refractivity contribution < 1.29 is 14.7 Å². The smallest absolute Gasteiger partial charge is 0.308 e. The van der Waals surface area contributed by atoms with Gasteiger partial charge in [0.2, 0.25) is 5.91 Å². The van der Waals surface area contributed by atoms with Gasteiger partial charge in [-0.25, -0.2) is 0 Å². The van der Waals surface area contributed by atoms with E-state index in [1.807, 2.05) is 7.05 Å². The quantitative estimate of drug-likeness (QED) is 0.507. The highest BCUT2D eigenvalue weighted by atomic mass is 16.4. The summed E-state index contributed by atoms with van der Waals surface area (Å²) in [6, 6.07) is 0. The fourth-order valence-corrected chi connectivity index (χ4v) is 1.16. The molecule has 15 heavy (non-hydrogen) atoms. The van der Waals surface area contributed by atoms with Crippen molar-refractivity contribution in [1.82, 2.24) is 10.6 Å². The summed E-state index contributed by atoms with van der Waals surface area (Å²) in [5.74, 6) is -1.41. The van der Waals surface area contributed by atoms with Gasteiger partial charge in [0.25, 0.3) is 0 Å². The Balaban J connectivity index is 3.64. The molecule has 5 nitrogen and oxygen atoms in total. The zero-order chi connectivity index (χ0) is 11.7. The van der Waals surface area contributed by atoms with E-state index in [-0.39, 0.29) is 12.5 Å². The number of hydrogen-bond donors (Lipinski definition) is 3. The number of nitrogens with one attached hydrogen (secondary N) is 2. The first-order valence-electron chi connectivity index (χ1n) is 5.25. The minimum Gasteiger partial charge on any atom is -0.481 e. The second-order valence-corrected chi connectivity index (χ2v) is 3.45. The van der Waals surface area contributed by atoms with E-state index >= 15 is 0 Å². The van der Waals surface area contributed by atoms with Crippen molar-refractivity contribution in [2.75, 3.05) is 20.1 Å². The van der Waals surface area contributed by atoms with Crippen molar-refractivity contribution in [3.8, 4) is 0 Å². The molecular weight excluding hydrogens is 196 g/mol. The van der Waals surface area contributed by atoms with E-state index in [1.54, 1.807) is 6.92 Å². The Labute approximate surface area is 90.2 Å². The van der Waals surface area contributed by atoms with Gasteiger partial charge in [0.15, 0.2) is 0 Å². The van der Waals surface area contributed by atoms with E-state index in [4.69, 9.17) is 5.11 Å². The van der Waals surface area contributed by atoms with Gasteiger partial charge in [0, 0.05) is 13.0 Å². The molecule has 0 fully saturated rings. The summed E-state index contributed by atoms with van der Waals surface area (Å²) in [4.78, 5) is 21.9.